The van der Waals surface area contributed by atoms with Gasteiger partial charge in [-0.15, -0.1) is 0 Å². The lowest BCUT2D eigenvalue weighted by atomic mass is 10.0. The van der Waals surface area contributed by atoms with E-state index in [0.29, 0.717) is 0 Å². The summed E-state index contributed by atoms with van der Waals surface area (Å²) in [6.07, 6.45) is 5.84. The minimum absolute atomic E-state index is 0.553. The van der Waals surface area contributed by atoms with Crippen LogP contribution in [-0.4, -0.2) is 10.7 Å². The molecule has 0 aromatic rings. The molecule has 1 aliphatic rings. The maximum absolute atomic E-state index is 9.24. The monoisotopic (exact) mass is 127 g/mol. The average molecular weight is 127 g/mol. The molecule has 0 atom stereocenters. The fourth-order valence-corrected chi connectivity index (χ4v) is 0.809. The Morgan fingerprint density at radius 1 is 1.56 bits per heavy atom. The summed E-state index contributed by atoms with van der Waals surface area (Å²) in [7, 11) is 0. The summed E-state index contributed by atoms with van der Waals surface area (Å²) < 4.78 is 0. The van der Waals surface area contributed by atoms with Crippen LogP contribution in [0, 0.1) is 12.3 Å². The van der Waals surface area contributed by atoms with Crippen LogP contribution in [0.15, 0.2) is 0 Å². The van der Waals surface area contributed by atoms with E-state index in [4.69, 9.17) is 0 Å². The molecule has 1 saturated carbocycles. The Labute approximate surface area is 57.1 Å². The summed E-state index contributed by atoms with van der Waals surface area (Å²) in [6.45, 7) is 3.66. The van der Waals surface area contributed by atoms with Gasteiger partial charge in [0.1, 0.15) is 0 Å². The van der Waals surface area contributed by atoms with Gasteiger partial charge in [-0.3, -0.25) is 0 Å². The topological polar surface area (TPSA) is 20.2 Å². The maximum Gasteiger partial charge on any atom is 0.0623 e. The molecule has 0 aliphatic heterocycles. The zero-order chi connectivity index (χ0) is 6.91. The molecule has 1 rings (SSSR count). The standard InChI is InChI=1S/C8H15O/c1-8(2,9)6-5-7-3-4-7/h6-7,9H,3-5H2,1-2H3. The molecule has 0 aromatic heterocycles. The minimum atomic E-state index is -0.553. The Morgan fingerprint density at radius 2 is 2.11 bits per heavy atom. The van der Waals surface area contributed by atoms with Crippen LogP contribution < -0.4 is 0 Å². The highest BCUT2D eigenvalue weighted by molar-refractivity contribution is 4.89. The van der Waals surface area contributed by atoms with Crippen LogP contribution in [0.1, 0.15) is 33.1 Å². The molecule has 0 spiro atoms. The molecular weight excluding hydrogens is 112 g/mol. The van der Waals surface area contributed by atoms with Gasteiger partial charge in [-0.25, -0.2) is 0 Å². The molecule has 0 amide bonds. The Morgan fingerprint density at radius 3 is 2.44 bits per heavy atom. The maximum atomic E-state index is 9.24. The second-order valence-corrected chi connectivity index (χ2v) is 3.54. The molecule has 1 heteroatoms. The van der Waals surface area contributed by atoms with Gasteiger partial charge in [0.25, 0.3) is 0 Å². The van der Waals surface area contributed by atoms with Gasteiger partial charge >= 0.3 is 0 Å². The normalized spacial score (nSPS) is 20.3. The number of rotatable bonds is 3. The molecule has 0 aromatic carbocycles. The first-order valence-electron chi connectivity index (χ1n) is 3.65. The van der Waals surface area contributed by atoms with Crippen molar-refractivity contribution in [3.8, 4) is 0 Å². The SMILES string of the molecule is CC(C)(O)[CH]CC1CC1. The van der Waals surface area contributed by atoms with E-state index in [1.807, 2.05) is 20.3 Å². The lowest BCUT2D eigenvalue weighted by Gasteiger charge is -2.15. The molecule has 53 valence electrons. The lowest BCUT2D eigenvalue weighted by molar-refractivity contribution is 0.110. The van der Waals surface area contributed by atoms with Crippen LogP contribution in [0.5, 0.6) is 0 Å². The fourth-order valence-electron chi connectivity index (χ4n) is 0.809. The van der Waals surface area contributed by atoms with Crippen LogP contribution in [-0.2, 0) is 0 Å². The zero-order valence-corrected chi connectivity index (χ0v) is 6.22. The molecule has 9 heavy (non-hydrogen) atoms. The van der Waals surface area contributed by atoms with Crippen LogP contribution in [0.25, 0.3) is 0 Å². The Balaban J connectivity index is 2.03. The quantitative estimate of drug-likeness (QED) is 0.612. The molecule has 0 heterocycles. The predicted octanol–water partition coefficient (Wildman–Crippen LogP) is 1.76. The third kappa shape index (κ3) is 3.52. The summed E-state index contributed by atoms with van der Waals surface area (Å²) in [5, 5.41) is 9.24. The number of aliphatic hydroxyl groups is 1. The van der Waals surface area contributed by atoms with Gasteiger partial charge in [-0.1, -0.05) is 12.8 Å². The van der Waals surface area contributed by atoms with Crippen LogP contribution in [0.2, 0.25) is 0 Å². The third-order valence-corrected chi connectivity index (χ3v) is 1.65. The highest BCUT2D eigenvalue weighted by Crippen LogP contribution is 2.34. The molecule has 1 aliphatic carbocycles. The van der Waals surface area contributed by atoms with Crippen molar-refractivity contribution < 1.29 is 5.11 Å². The number of hydrogen-bond acceptors (Lipinski definition) is 1. The van der Waals surface area contributed by atoms with Crippen molar-refractivity contribution in [1.29, 1.82) is 0 Å². The van der Waals surface area contributed by atoms with Gasteiger partial charge in [-0.05, 0) is 32.6 Å². The lowest BCUT2D eigenvalue weighted by Crippen LogP contribution is -2.18. The van der Waals surface area contributed by atoms with Gasteiger partial charge < -0.3 is 5.11 Å². The van der Waals surface area contributed by atoms with E-state index in [-0.39, 0.29) is 0 Å². The summed E-state index contributed by atoms with van der Waals surface area (Å²) in [5.74, 6) is 0.899. The van der Waals surface area contributed by atoms with Gasteiger partial charge in [0, 0.05) is 0 Å². The highest BCUT2D eigenvalue weighted by Gasteiger charge is 2.24. The summed E-state index contributed by atoms with van der Waals surface area (Å²) >= 11 is 0. The molecule has 1 nitrogen and oxygen atoms in total. The van der Waals surface area contributed by atoms with Crippen molar-refractivity contribution >= 4 is 0 Å². The summed E-state index contributed by atoms with van der Waals surface area (Å²) in [6, 6.07) is 0. The van der Waals surface area contributed by atoms with Gasteiger partial charge in [0.05, 0.1) is 5.60 Å². The Hall–Kier alpha value is -0.0400. The second kappa shape index (κ2) is 2.30. The van der Waals surface area contributed by atoms with Crippen LogP contribution in [0.4, 0.5) is 0 Å². The van der Waals surface area contributed by atoms with E-state index in [9.17, 15) is 5.11 Å². The van der Waals surface area contributed by atoms with E-state index < -0.39 is 5.60 Å². The second-order valence-electron chi connectivity index (χ2n) is 3.54. The highest BCUT2D eigenvalue weighted by atomic mass is 16.3. The summed E-state index contributed by atoms with van der Waals surface area (Å²) in [5.41, 5.74) is -0.553. The van der Waals surface area contributed by atoms with E-state index in [1.165, 1.54) is 12.8 Å². The Kier molecular flexibility index (Phi) is 1.80. The molecule has 0 bridgehead atoms. The molecule has 1 N–H and O–H groups in total. The van der Waals surface area contributed by atoms with Crippen molar-refractivity contribution in [2.45, 2.75) is 38.7 Å². The number of hydrogen-bond donors (Lipinski definition) is 1. The van der Waals surface area contributed by atoms with Gasteiger partial charge in [0.2, 0.25) is 0 Å². The van der Waals surface area contributed by atoms with Crippen molar-refractivity contribution in [3.63, 3.8) is 0 Å². The van der Waals surface area contributed by atoms with E-state index in [2.05, 4.69) is 0 Å². The zero-order valence-electron chi connectivity index (χ0n) is 6.22. The van der Waals surface area contributed by atoms with Crippen molar-refractivity contribution in [2.75, 3.05) is 0 Å². The molecule has 0 saturated heterocycles. The van der Waals surface area contributed by atoms with Gasteiger partial charge in [0.15, 0.2) is 0 Å². The minimum Gasteiger partial charge on any atom is -0.390 e. The largest absolute Gasteiger partial charge is 0.390 e. The molecule has 0 unspecified atom stereocenters. The molecule has 1 fully saturated rings. The van der Waals surface area contributed by atoms with Crippen molar-refractivity contribution in [2.24, 2.45) is 5.92 Å². The van der Waals surface area contributed by atoms with E-state index in [0.717, 1.165) is 12.3 Å². The fraction of sp³-hybridized carbons (Fsp3) is 0.875. The van der Waals surface area contributed by atoms with Crippen LogP contribution in [0.3, 0.4) is 0 Å². The molecular formula is C8H15O. The first-order valence-corrected chi connectivity index (χ1v) is 3.65. The van der Waals surface area contributed by atoms with Crippen molar-refractivity contribution in [3.05, 3.63) is 6.42 Å². The smallest absolute Gasteiger partial charge is 0.0623 e. The first-order chi connectivity index (χ1) is 4.08. The van der Waals surface area contributed by atoms with E-state index in [1.54, 1.807) is 0 Å². The summed E-state index contributed by atoms with van der Waals surface area (Å²) in [4.78, 5) is 0. The van der Waals surface area contributed by atoms with E-state index >= 15 is 0 Å². The predicted molar refractivity (Wildman–Crippen MR) is 37.9 cm³/mol. The molecule has 1 radical (unpaired) electrons. The van der Waals surface area contributed by atoms with Gasteiger partial charge in [-0.2, -0.15) is 0 Å². The van der Waals surface area contributed by atoms with Crippen LogP contribution >= 0.6 is 0 Å². The first kappa shape index (κ1) is 7.07. The third-order valence-electron chi connectivity index (χ3n) is 1.65. The van der Waals surface area contributed by atoms with Crippen molar-refractivity contribution in [1.82, 2.24) is 0 Å². The Bertz CT molecular complexity index is 87.2. The average Bonchev–Trinajstić information content (AvgIpc) is 2.38.